The van der Waals surface area contributed by atoms with Crippen LogP contribution in [0, 0.1) is 5.41 Å². The number of hydrogen-bond donors (Lipinski definition) is 3. The summed E-state index contributed by atoms with van der Waals surface area (Å²) in [5.41, 5.74) is 1.72. The standard InChI is InChI=1S/C32H35N3O5/c36-28(37)14-13-27(34-29(38)26-12-6-8-22-7-1-2-11-25(22)26)30(39)33-24-10-5-9-23(21-24)31(40)35-19-17-32(18-20-35)15-3-4-16-32/h1-2,5-12,21,27H,3-4,13-20H2,(H,33,39)(H,34,38)(H,36,37). The van der Waals surface area contributed by atoms with Crippen molar-refractivity contribution in [3.63, 3.8) is 0 Å². The zero-order valence-electron chi connectivity index (χ0n) is 22.5. The van der Waals surface area contributed by atoms with Crippen LogP contribution >= 0.6 is 0 Å². The van der Waals surface area contributed by atoms with Gasteiger partial charge in [0.25, 0.3) is 11.8 Å². The highest BCUT2D eigenvalue weighted by Gasteiger charge is 2.38. The number of nitrogens with zero attached hydrogens (tertiary/aromatic N) is 1. The van der Waals surface area contributed by atoms with E-state index in [1.54, 1.807) is 36.4 Å². The minimum atomic E-state index is -1.08. The SMILES string of the molecule is O=C(O)CCC(NC(=O)c1cccc2ccccc12)C(=O)Nc1cccc(C(=O)N2CCC3(CCCC3)CC2)c1. The van der Waals surface area contributed by atoms with E-state index in [4.69, 9.17) is 0 Å². The predicted octanol–water partition coefficient (Wildman–Crippen LogP) is 5.24. The second kappa shape index (κ2) is 11.9. The first kappa shape index (κ1) is 27.4. The lowest BCUT2D eigenvalue weighted by Gasteiger charge is -2.39. The number of likely N-dealkylation sites (tertiary alicyclic amines) is 1. The van der Waals surface area contributed by atoms with Gasteiger partial charge in [-0.3, -0.25) is 19.2 Å². The number of anilines is 1. The maximum Gasteiger partial charge on any atom is 0.303 e. The molecule has 1 aliphatic heterocycles. The summed E-state index contributed by atoms with van der Waals surface area (Å²) in [5, 5.41) is 16.4. The second-order valence-corrected chi connectivity index (χ2v) is 11.1. The van der Waals surface area contributed by atoms with Gasteiger partial charge in [-0.05, 0) is 72.6 Å². The third-order valence-corrected chi connectivity index (χ3v) is 8.46. The van der Waals surface area contributed by atoms with Gasteiger partial charge in [0.2, 0.25) is 5.91 Å². The molecule has 0 aromatic heterocycles. The normalized spacial score (nSPS) is 16.9. The van der Waals surface area contributed by atoms with Crippen LogP contribution < -0.4 is 10.6 Å². The van der Waals surface area contributed by atoms with Crippen molar-refractivity contribution >= 4 is 40.2 Å². The number of rotatable bonds is 8. The van der Waals surface area contributed by atoms with E-state index in [-0.39, 0.29) is 18.7 Å². The van der Waals surface area contributed by atoms with E-state index in [2.05, 4.69) is 10.6 Å². The van der Waals surface area contributed by atoms with Gasteiger partial charge >= 0.3 is 5.97 Å². The van der Waals surface area contributed by atoms with Gasteiger partial charge in [-0.1, -0.05) is 55.3 Å². The van der Waals surface area contributed by atoms with Crippen molar-refractivity contribution in [2.75, 3.05) is 18.4 Å². The van der Waals surface area contributed by atoms with Gasteiger partial charge in [0, 0.05) is 36.3 Å². The van der Waals surface area contributed by atoms with Gasteiger partial charge in [0.1, 0.15) is 6.04 Å². The van der Waals surface area contributed by atoms with E-state index in [1.807, 2.05) is 35.2 Å². The Labute approximate surface area is 233 Å². The maximum absolute atomic E-state index is 13.3. The summed E-state index contributed by atoms with van der Waals surface area (Å²) < 4.78 is 0. The highest BCUT2D eigenvalue weighted by Crippen LogP contribution is 2.46. The van der Waals surface area contributed by atoms with Crippen molar-refractivity contribution in [2.45, 2.75) is 57.4 Å². The molecule has 0 radical (unpaired) electrons. The molecule has 2 aliphatic rings. The Morgan fingerprint density at radius 1 is 0.875 bits per heavy atom. The summed E-state index contributed by atoms with van der Waals surface area (Å²) >= 11 is 0. The first-order valence-corrected chi connectivity index (χ1v) is 14.0. The van der Waals surface area contributed by atoms with E-state index in [1.165, 1.54) is 25.7 Å². The molecule has 40 heavy (non-hydrogen) atoms. The van der Waals surface area contributed by atoms with Crippen LogP contribution in [-0.4, -0.2) is 52.8 Å². The molecule has 3 N–H and O–H groups in total. The quantitative estimate of drug-likeness (QED) is 0.361. The van der Waals surface area contributed by atoms with Crippen molar-refractivity contribution in [3.05, 3.63) is 77.9 Å². The first-order valence-electron chi connectivity index (χ1n) is 14.0. The number of carbonyl (C=O) groups excluding carboxylic acids is 3. The summed E-state index contributed by atoms with van der Waals surface area (Å²) in [7, 11) is 0. The van der Waals surface area contributed by atoms with E-state index in [0.29, 0.717) is 22.2 Å². The number of carboxylic acids is 1. The van der Waals surface area contributed by atoms with Crippen molar-refractivity contribution in [3.8, 4) is 0 Å². The number of nitrogens with one attached hydrogen (secondary N) is 2. The average molecular weight is 542 g/mol. The number of hydrogen-bond acceptors (Lipinski definition) is 4. The fourth-order valence-corrected chi connectivity index (χ4v) is 6.15. The van der Waals surface area contributed by atoms with Crippen LogP contribution in [0.5, 0.6) is 0 Å². The number of amides is 3. The van der Waals surface area contributed by atoms with Crippen LogP contribution in [0.15, 0.2) is 66.7 Å². The molecule has 1 unspecified atom stereocenters. The minimum absolute atomic E-state index is 0.0596. The van der Waals surface area contributed by atoms with Crippen LogP contribution in [0.3, 0.4) is 0 Å². The molecule has 1 spiro atoms. The van der Waals surface area contributed by atoms with Crippen molar-refractivity contribution in [1.29, 1.82) is 0 Å². The minimum Gasteiger partial charge on any atom is -0.481 e. The monoisotopic (exact) mass is 541 g/mol. The highest BCUT2D eigenvalue weighted by molar-refractivity contribution is 6.09. The average Bonchev–Trinajstić information content (AvgIpc) is 3.42. The lowest BCUT2D eigenvalue weighted by Crippen LogP contribution is -2.44. The lowest BCUT2D eigenvalue weighted by atomic mass is 9.77. The number of fused-ring (bicyclic) bond motifs is 1. The molecule has 1 heterocycles. The van der Waals surface area contributed by atoms with Crippen LogP contribution in [0.4, 0.5) is 5.69 Å². The summed E-state index contributed by atoms with van der Waals surface area (Å²) in [6.07, 6.45) is 6.80. The largest absolute Gasteiger partial charge is 0.481 e. The second-order valence-electron chi connectivity index (χ2n) is 11.1. The van der Waals surface area contributed by atoms with Gasteiger partial charge in [0.15, 0.2) is 0 Å². The molecule has 0 bridgehead atoms. The van der Waals surface area contributed by atoms with Crippen molar-refractivity contribution < 1.29 is 24.3 Å². The van der Waals surface area contributed by atoms with Crippen molar-refractivity contribution in [2.24, 2.45) is 5.41 Å². The Morgan fingerprint density at radius 2 is 1.57 bits per heavy atom. The fourth-order valence-electron chi connectivity index (χ4n) is 6.15. The number of aliphatic carboxylic acids is 1. The number of carboxylic acid groups (broad SMARTS) is 1. The third kappa shape index (κ3) is 6.17. The summed E-state index contributed by atoms with van der Waals surface area (Å²) in [6, 6.07) is 18.5. The molecule has 3 aromatic rings. The number of carbonyl (C=O) groups is 4. The fraction of sp³-hybridized carbons (Fsp3) is 0.375. The Balaban J connectivity index is 1.27. The molecule has 5 rings (SSSR count). The number of benzene rings is 3. The molecule has 3 aromatic carbocycles. The maximum atomic E-state index is 13.3. The Morgan fingerprint density at radius 3 is 2.33 bits per heavy atom. The van der Waals surface area contributed by atoms with Crippen LogP contribution in [0.25, 0.3) is 10.8 Å². The highest BCUT2D eigenvalue weighted by atomic mass is 16.4. The predicted molar refractivity (Wildman–Crippen MR) is 153 cm³/mol. The smallest absolute Gasteiger partial charge is 0.303 e. The molecule has 2 fully saturated rings. The molecule has 1 saturated heterocycles. The molecular formula is C32H35N3O5. The van der Waals surface area contributed by atoms with Crippen LogP contribution in [0.2, 0.25) is 0 Å². The number of piperidine rings is 1. The molecule has 1 aliphatic carbocycles. The zero-order chi connectivity index (χ0) is 28.1. The summed E-state index contributed by atoms with van der Waals surface area (Å²) in [6.45, 7) is 1.49. The molecule has 8 heteroatoms. The van der Waals surface area contributed by atoms with E-state index < -0.39 is 23.8 Å². The Kier molecular flexibility index (Phi) is 8.14. The van der Waals surface area contributed by atoms with Gasteiger partial charge < -0.3 is 20.6 Å². The van der Waals surface area contributed by atoms with E-state index >= 15 is 0 Å². The molecule has 1 saturated carbocycles. The third-order valence-electron chi connectivity index (χ3n) is 8.46. The van der Waals surface area contributed by atoms with E-state index in [9.17, 15) is 24.3 Å². The summed E-state index contributed by atoms with van der Waals surface area (Å²) in [4.78, 5) is 52.9. The van der Waals surface area contributed by atoms with Crippen LogP contribution in [-0.2, 0) is 9.59 Å². The lowest BCUT2D eigenvalue weighted by molar-refractivity contribution is -0.137. The van der Waals surface area contributed by atoms with Gasteiger partial charge in [-0.2, -0.15) is 0 Å². The molecule has 8 nitrogen and oxygen atoms in total. The first-order chi connectivity index (χ1) is 19.3. The topological polar surface area (TPSA) is 116 Å². The zero-order valence-corrected chi connectivity index (χ0v) is 22.5. The van der Waals surface area contributed by atoms with Gasteiger partial charge in [0.05, 0.1) is 0 Å². The van der Waals surface area contributed by atoms with Gasteiger partial charge in [-0.15, -0.1) is 0 Å². The van der Waals surface area contributed by atoms with Crippen LogP contribution in [0.1, 0.15) is 72.1 Å². The molecule has 208 valence electrons. The summed E-state index contributed by atoms with van der Waals surface area (Å²) in [5.74, 6) is -2.13. The molecular weight excluding hydrogens is 506 g/mol. The Bertz CT molecular complexity index is 1410. The Hall–Kier alpha value is -4.20. The van der Waals surface area contributed by atoms with E-state index in [0.717, 1.165) is 36.7 Å². The van der Waals surface area contributed by atoms with Crippen molar-refractivity contribution in [1.82, 2.24) is 10.2 Å². The van der Waals surface area contributed by atoms with Gasteiger partial charge in [-0.25, -0.2) is 0 Å². The molecule has 1 atom stereocenters. The molecule has 3 amide bonds.